The third-order valence-corrected chi connectivity index (χ3v) is 6.41. The minimum Gasteiger partial charge on any atom is -0.444 e. The van der Waals surface area contributed by atoms with E-state index in [0.29, 0.717) is 32.1 Å². The lowest BCUT2D eigenvalue weighted by molar-refractivity contribution is -0.139. The number of piperidine rings is 2. The fourth-order valence-corrected chi connectivity index (χ4v) is 4.43. The molecule has 0 spiro atoms. The van der Waals surface area contributed by atoms with Crippen molar-refractivity contribution < 1.29 is 28.7 Å². The van der Waals surface area contributed by atoms with Crippen molar-refractivity contribution in [1.29, 1.82) is 0 Å². The van der Waals surface area contributed by atoms with E-state index < -0.39 is 5.60 Å². The van der Waals surface area contributed by atoms with Gasteiger partial charge in [-0.15, -0.1) is 0 Å². The molecule has 10 nitrogen and oxygen atoms in total. The Morgan fingerprint density at radius 1 is 0.800 bits per heavy atom. The Morgan fingerprint density at radius 2 is 1.20 bits per heavy atom. The van der Waals surface area contributed by atoms with Gasteiger partial charge in [0.25, 0.3) is 23.6 Å². The quantitative estimate of drug-likeness (QED) is 0.596. The molecule has 4 heterocycles. The summed E-state index contributed by atoms with van der Waals surface area (Å²) in [7, 11) is 0. The molecule has 4 aliphatic rings. The van der Waals surface area contributed by atoms with E-state index in [-0.39, 0.29) is 35.6 Å². The molecular formula is C25H36N4O6. The molecule has 2 fully saturated rings. The van der Waals surface area contributed by atoms with E-state index in [4.69, 9.17) is 4.74 Å². The smallest absolute Gasteiger partial charge is 0.410 e. The first-order chi connectivity index (χ1) is 16.5. The Morgan fingerprint density at radius 3 is 1.60 bits per heavy atom. The number of carbonyl (C=O) groups excluding carboxylic acids is 5. The second-order valence-electron chi connectivity index (χ2n) is 10.3. The Kier molecular flexibility index (Phi) is 8.82. The highest BCUT2D eigenvalue weighted by Crippen LogP contribution is 2.22. The summed E-state index contributed by atoms with van der Waals surface area (Å²) in [6.45, 7) is 9.74. The van der Waals surface area contributed by atoms with Crippen LogP contribution in [-0.4, -0.2) is 89.3 Å². The molecule has 35 heavy (non-hydrogen) atoms. The van der Waals surface area contributed by atoms with Crippen LogP contribution in [0.15, 0.2) is 24.3 Å². The number of likely N-dealkylation sites (tertiary alicyclic amines) is 1. The summed E-state index contributed by atoms with van der Waals surface area (Å²) >= 11 is 0. The molecule has 0 aromatic carbocycles. The van der Waals surface area contributed by atoms with Crippen molar-refractivity contribution in [3.8, 4) is 0 Å². The average Bonchev–Trinajstić information content (AvgIpc) is 3.30. The molecule has 0 atom stereocenters. The maximum Gasteiger partial charge on any atom is 0.410 e. The molecular weight excluding hydrogens is 452 g/mol. The summed E-state index contributed by atoms with van der Waals surface area (Å²) in [6, 6.07) is 0. The van der Waals surface area contributed by atoms with E-state index in [1.165, 1.54) is 34.1 Å². The van der Waals surface area contributed by atoms with Crippen LogP contribution in [0.3, 0.4) is 0 Å². The van der Waals surface area contributed by atoms with Crippen LogP contribution in [0.4, 0.5) is 4.79 Å². The van der Waals surface area contributed by atoms with Crippen LogP contribution in [0.1, 0.15) is 46.5 Å². The monoisotopic (exact) mass is 488 g/mol. The number of nitrogens with one attached hydrogen (secondary N) is 1. The van der Waals surface area contributed by atoms with E-state index in [9.17, 15) is 24.0 Å². The third-order valence-electron chi connectivity index (χ3n) is 6.41. The molecule has 5 amide bonds. The van der Waals surface area contributed by atoms with Gasteiger partial charge in [0.05, 0.1) is 0 Å². The molecule has 1 N–H and O–H groups in total. The van der Waals surface area contributed by atoms with E-state index in [2.05, 4.69) is 5.32 Å². The summed E-state index contributed by atoms with van der Waals surface area (Å²) in [5.74, 6) is -0.0771. The van der Waals surface area contributed by atoms with E-state index in [0.717, 1.165) is 38.8 Å². The SMILES string of the molecule is CC(C)(C)OC(=O)N1CCC(CN2C(=O)C=CC2=O)CC1.O=C1C=CC(=O)N1CC1CCNCC1. The van der Waals surface area contributed by atoms with Gasteiger partial charge in [0.1, 0.15) is 5.60 Å². The number of hydrogen-bond acceptors (Lipinski definition) is 7. The van der Waals surface area contributed by atoms with E-state index >= 15 is 0 Å². The van der Waals surface area contributed by atoms with Gasteiger partial charge in [0.2, 0.25) is 0 Å². The van der Waals surface area contributed by atoms with Crippen molar-refractivity contribution >= 4 is 29.7 Å². The van der Waals surface area contributed by atoms with Gasteiger partial charge in [-0.3, -0.25) is 29.0 Å². The standard InChI is InChI=1S/C15H22N2O4.C10H14N2O2/c1-15(2,3)21-14(20)16-8-6-11(7-9-16)10-17-12(18)4-5-13(17)19;13-9-1-2-10(14)12(9)7-8-3-5-11-6-4-8/h4-5,11H,6-10H2,1-3H3;1-2,8,11H,3-7H2. The van der Waals surface area contributed by atoms with E-state index in [1.54, 1.807) is 4.90 Å². The molecule has 192 valence electrons. The Balaban J connectivity index is 0.000000211. The van der Waals surface area contributed by atoms with Crippen LogP contribution < -0.4 is 5.32 Å². The number of nitrogens with zero attached hydrogens (tertiary/aromatic N) is 3. The molecule has 0 aromatic heterocycles. The van der Waals surface area contributed by atoms with Crippen LogP contribution in [0.25, 0.3) is 0 Å². The van der Waals surface area contributed by atoms with Gasteiger partial charge in [-0.2, -0.15) is 0 Å². The zero-order valence-electron chi connectivity index (χ0n) is 20.8. The Hall–Kier alpha value is -3.01. The third kappa shape index (κ3) is 7.74. The molecule has 0 unspecified atom stereocenters. The van der Waals surface area contributed by atoms with Crippen LogP contribution in [0.2, 0.25) is 0 Å². The predicted molar refractivity (Wildman–Crippen MR) is 128 cm³/mol. The van der Waals surface area contributed by atoms with Crippen molar-refractivity contribution in [2.75, 3.05) is 39.3 Å². The molecule has 0 saturated carbocycles. The van der Waals surface area contributed by atoms with E-state index in [1.807, 2.05) is 20.8 Å². The van der Waals surface area contributed by atoms with Gasteiger partial charge >= 0.3 is 6.09 Å². The molecule has 0 aromatic rings. The van der Waals surface area contributed by atoms with Crippen LogP contribution in [-0.2, 0) is 23.9 Å². The lowest BCUT2D eigenvalue weighted by Crippen LogP contribution is -2.44. The van der Waals surface area contributed by atoms with Crippen molar-refractivity contribution in [1.82, 2.24) is 20.0 Å². The van der Waals surface area contributed by atoms with Gasteiger partial charge in [0, 0.05) is 50.5 Å². The fraction of sp³-hybridized carbons (Fsp3) is 0.640. The Labute approximate surface area is 206 Å². The van der Waals surface area contributed by atoms with Gasteiger partial charge in [-0.05, 0) is 71.4 Å². The number of carbonyl (C=O) groups is 5. The number of imide groups is 2. The van der Waals surface area contributed by atoms with Gasteiger partial charge in [0.15, 0.2) is 0 Å². The van der Waals surface area contributed by atoms with Gasteiger partial charge in [-0.1, -0.05) is 0 Å². The van der Waals surface area contributed by atoms with Gasteiger partial charge in [-0.25, -0.2) is 4.79 Å². The summed E-state index contributed by atoms with van der Waals surface area (Å²) in [5, 5.41) is 3.26. The maximum atomic E-state index is 11.9. The first kappa shape index (κ1) is 26.6. The van der Waals surface area contributed by atoms with Crippen molar-refractivity contribution in [3.63, 3.8) is 0 Å². The molecule has 0 radical (unpaired) electrons. The highest BCUT2D eigenvalue weighted by atomic mass is 16.6. The number of ether oxygens (including phenoxy) is 1. The molecule has 10 heteroatoms. The normalized spacial score (nSPS) is 21.6. The molecule has 4 aliphatic heterocycles. The number of hydrogen-bond donors (Lipinski definition) is 1. The number of rotatable bonds is 4. The average molecular weight is 489 g/mol. The lowest BCUT2D eigenvalue weighted by atomic mass is 9.96. The minimum absolute atomic E-state index is 0.159. The highest BCUT2D eigenvalue weighted by Gasteiger charge is 2.31. The zero-order valence-corrected chi connectivity index (χ0v) is 20.8. The maximum absolute atomic E-state index is 11.9. The number of amides is 5. The summed E-state index contributed by atoms with van der Waals surface area (Å²) in [6.07, 6.45) is 8.67. The zero-order chi connectivity index (χ0) is 25.6. The second-order valence-corrected chi connectivity index (χ2v) is 10.3. The lowest BCUT2D eigenvalue weighted by Gasteiger charge is -2.34. The second kappa shape index (κ2) is 11.6. The first-order valence-corrected chi connectivity index (χ1v) is 12.3. The topological polar surface area (TPSA) is 116 Å². The minimum atomic E-state index is -0.492. The summed E-state index contributed by atoms with van der Waals surface area (Å²) in [4.78, 5) is 61.8. The predicted octanol–water partition coefficient (Wildman–Crippen LogP) is 1.47. The first-order valence-electron chi connectivity index (χ1n) is 12.3. The van der Waals surface area contributed by atoms with Crippen molar-refractivity contribution in [3.05, 3.63) is 24.3 Å². The van der Waals surface area contributed by atoms with Crippen LogP contribution in [0, 0.1) is 11.8 Å². The summed E-state index contributed by atoms with van der Waals surface area (Å²) in [5.41, 5.74) is -0.492. The molecule has 0 aliphatic carbocycles. The fourth-order valence-electron chi connectivity index (χ4n) is 4.43. The molecule has 2 saturated heterocycles. The van der Waals surface area contributed by atoms with Crippen molar-refractivity contribution in [2.45, 2.75) is 52.1 Å². The van der Waals surface area contributed by atoms with Crippen molar-refractivity contribution in [2.24, 2.45) is 11.8 Å². The van der Waals surface area contributed by atoms with Gasteiger partial charge < -0.3 is 15.0 Å². The molecule has 4 rings (SSSR count). The molecule has 0 bridgehead atoms. The van der Waals surface area contributed by atoms with Crippen LogP contribution in [0.5, 0.6) is 0 Å². The highest BCUT2D eigenvalue weighted by molar-refractivity contribution is 6.13. The Bertz CT molecular complexity index is 856. The van der Waals surface area contributed by atoms with Crippen LogP contribution >= 0.6 is 0 Å². The largest absolute Gasteiger partial charge is 0.444 e. The summed E-state index contributed by atoms with van der Waals surface area (Å²) < 4.78 is 5.34.